The molecule has 25 heavy (non-hydrogen) atoms. The highest BCUT2D eigenvalue weighted by Crippen LogP contribution is 2.24. The number of rotatable bonds is 6. The summed E-state index contributed by atoms with van der Waals surface area (Å²) >= 11 is 1.87. The van der Waals surface area contributed by atoms with Gasteiger partial charge in [0, 0.05) is 37.5 Å². The zero-order valence-electron chi connectivity index (χ0n) is 15.0. The number of hydrogen-bond donors (Lipinski definition) is 2. The molecule has 2 unspecified atom stereocenters. The molecule has 2 N–H and O–H groups in total. The van der Waals surface area contributed by atoms with E-state index in [-0.39, 0.29) is 30.7 Å². The molecular formula is C18H31Cl2N3OS. The van der Waals surface area contributed by atoms with Crippen molar-refractivity contribution in [3.8, 4) is 0 Å². The number of nitrogens with one attached hydrogen (secondary N) is 2. The van der Waals surface area contributed by atoms with Crippen LogP contribution in [0.4, 0.5) is 0 Å². The fraction of sp³-hybridized carbons (Fsp3) is 0.722. The van der Waals surface area contributed by atoms with Crippen molar-refractivity contribution >= 4 is 42.1 Å². The first-order chi connectivity index (χ1) is 11.2. The number of hydrogen-bond acceptors (Lipinski definition) is 4. The quantitative estimate of drug-likeness (QED) is 0.761. The molecule has 0 spiro atoms. The maximum absolute atomic E-state index is 12.1. The maximum atomic E-state index is 12.1. The average molecular weight is 408 g/mol. The van der Waals surface area contributed by atoms with Gasteiger partial charge in [-0.15, -0.1) is 36.2 Å². The highest BCUT2D eigenvalue weighted by Gasteiger charge is 2.22. The first-order valence-electron chi connectivity index (χ1n) is 8.97. The summed E-state index contributed by atoms with van der Waals surface area (Å²) in [6.07, 6.45) is 4.34. The predicted octanol–water partition coefficient (Wildman–Crippen LogP) is 3.09. The molecule has 1 saturated heterocycles. The topological polar surface area (TPSA) is 44.4 Å². The van der Waals surface area contributed by atoms with Gasteiger partial charge in [-0.1, -0.05) is 6.92 Å². The highest BCUT2D eigenvalue weighted by molar-refractivity contribution is 7.10. The highest BCUT2D eigenvalue weighted by atomic mass is 35.5. The number of thiophene rings is 1. The first-order valence-corrected chi connectivity index (χ1v) is 9.85. The van der Waals surface area contributed by atoms with E-state index in [1.54, 1.807) is 4.88 Å². The SMILES string of the molecule is CC(CC(=O)NCCN1CCc2sccc2C1)C1CCCNC1.Cl.Cl. The number of nitrogens with zero attached hydrogens (tertiary/aromatic N) is 1. The summed E-state index contributed by atoms with van der Waals surface area (Å²) in [5.74, 6) is 1.36. The van der Waals surface area contributed by atoms with Gasteiger partial charge in [-0.2, -0.15) is 0 Å². The smallest absolute Gasteiger partial charge is 0.220 e. The fourth-order valence-electron chi connectivity index (χ4n) is 3.75. The Labute approximate surface area is 167 Å². The number of amides is 1. The molecular weight excluding hydrogens is 377 g/mol. The molecule has 1 fully saturated rings. The molecule has 3 heterocycles. The third-order valence-corrected chi connectivity index (χ3v) is 6.31. The second-order valence-corrected chi connectivity index (χ2v) is 8.03. The van der Waals surface area contributed by atoms with Gasteiger partial charge in [0.15, 0.2) is 0 Å². The molecule has 3 rings (SSSR count). The van der Waals surface area contributed by atoms with Crippen LogP contribution in [0.5, 0.6) is 0 Å². The maximum Gasteiger partial charge on any atom is 0.220 e. The van der Waals surface area contributed by atoms with Gasteiger partial charge < -0.3 is 10.6 Å². The van der Waals surface area contributed by atoms with Crippen LogP contribution in [0.2, 0.25) is 0 Å². The minimum Gasteiger partial charge on any atom is -0.355 e. The van der Waals surface area contributed by atoms with Crippen LogP contribution in [-0.4, -0.2) is 43.5 Å². The van der Waals surface area contributed by atoms with Crippen LogP contribution in [0.1, 0.15) is 36.6 Å². The monoisotopic (exact) mass is 407 g/mol. The van der Waals surface area contributed by atoms with E-state index in [0.29, 0.717) is 18.3 Å². The van der Waals surface area contributed by atoms with Crippen molar-refractivity contribution in [3.63, 3.8) is 0 Å². The Morgan fingerprint density at radius 3 is 3.08 bits per heavy atom. The first kappa shape index (κ1) is 22.7. The van der Waals surface area contributed by atoms with E-state index >= 15 is 0 Å². The van der Waals surface area contributed by atoms with E-state index in [4.69, 9.17) is 0 Å². The van der Waals surface area contributed by atoms with E-state index in [1.807, 2.05) is 11.3 Å². The van der Waals surface area contributed by atoms with E-state index < -0.39 is 0 Å². The van der Waals surface area contributed by atoms with Crippen molar-refractivity contribution in [2.24, 2.45) is 11.8 Å². The van der Waals surface area contributed by atoms with E-state index in [9.17, 15) is 4.79 Å². The molecule has 1 aromatic heterocycles. The molecule has 2 aliphatic rings. The van der Waals surface area contributed by atoms with Crippen LogP contribution in [0, 0.1) is 11.8 Å². The van der Waals surface area contributed by atoms with Crippen LogP contribution in [-0.2, 0) is 17.8 Å². The molecule has 4 nitrogen and oxygen atoms in total. The lowest BCUT2D eigenvalue weighted by Gasteiger charge is -2.28. The van der Waals surface area contributed by atoms with Crippen molar-refractivity contribution in [2.75, 3.05) is 32.7 Å². The Morgan fingerprint density at radius 1 is 1.48 bits per heavy atom. The second kappa shape index (κ2) is 11.4. The largest absolute Gasteiger partial charge is 0.355 e. The van der Waals surface area contributed by atoms with Crippen molar-refractivity contribution in [1.29, 1.82) is 0 Å². The zero-order valence-corrected chi connectivity index (χ0v) is 17.4. The standard InChI is InChI=1S/C18H29N3OS.2ClH/c1-14(15-3-2-6-19-12-15)11-18(22)20-7-9-21-8-4-17-16(13-21)5-10-23-17;;/h5,10,14-15,19H,2-4,6-9,11-13H2,1H3,(H,20,22);2*1H. The summed E-state index contributed by atoms with van der Waals surface area (Å²) in [4.78, 5) is 16.1. The molecule has 0 saturated carbocycles. The summed E-state index contributed by atoms with van der Waals surface area (Å²) in [6, 6.07) is 2.24. The Kier molecular flexibility index (Phi) is 10.4. The van der Waals surface area contributed by atoms with Crippen LogP contribution in [0.3, 0.4) is 0 Å². The van der Waals surface area contributed by atoms with Gasteiger partial charge in [0.05, 0.1) is 0 Å². The summed E-state index contributed by atoms with van der Waals surface area (Å²) in [7, 11) is 0. The molecule has 0 aromatic carbocycles. The van der Waals surface area contributed by atoms with E-state index in [1.165, 1.54) is 18.4 Å². The Bertz CT molecular complexity index is 520. The van der Waals surface area contributed by atoms with Crippen LogP contribution < -0.4 is 10.6 Å². The Balaban J connectivity index is 0.00000156. The lowest BCUT2D eigenvalue weighted by molar-refractivity contribution is -0.122. The normalized spacial score (nSPS) is 21.4. The molecule has 0 aliphatic carbocycles. The fourth-order valence-corrected chi connectivity index (χ4v) is 4.64. The number of carbonyl (C=O) groups excluding carboxylic acids is 1. The van der Waals surface area contributed by atoms with Crippen LogP contribution in [0.25, 0.3) is 0 Å². The van der Waals surface area contributed by atoms with Gasteiger partial charge in [0.1, 0.15) is 0 Å². The van der Waals surface area contributed by atoms with E-state index in [2.05, 4.69) is 33.9 Å². The van der Waals surface area contributed by atoms with Crippen LogP contribution in [0.15, 0.2) is 11.4 Å². The molecule has 1 amide bonds. The third-order valence-electron chi connectivity index (χ3n) is 5.28. The lowest BCUT2D eigenvalue weighted by atomic mass is 9.85. The summed E-state index contributed by atoms with van der Waals surface area (Å²) in [6.45, 7) is 8.32. The lowest BCUT2D eigenvalue weighted by Crippen LogP contribution is -2.39. The second-order valence-electron chi connectivity index (χ2n) is 7.03. The zero-order chi connectivity index (χ0) is 16.1. The van der Waals surface area contributed by atoms with Gasteiger partial charge in [-0.05, 0) is 61.2 Å². The van der Waals surface area contributed by atoms with Gasteiger partial charge in [-0.25, -0.2) is 0 Å². The summed E-state index contributed by atoms with van der Waals surface area (Å²) in [5, 5.41) is 8.75. The van der Waals surface area contributed by atoms with Gasteiger partial charge >= 0.3 is 0 Å². The summed E-state index contributed by atoms with van der Waals surface area (Å²) in [5.41, 5.74) is 1.48. The van der Waals surface area contributed by atoms with Crippen molar-refractivity contribution in [3.05, 3.63) is 21.9 Å². The molecule has 144 valence electrons. The van der Waals surface area contributed by atoms with Crippen molar-refractivity contribution in [2.45, 2.75) is 39.2 Å². The minimum atomic E-state index is 0. The molecule has 0 bridgehead atoms. The summed E-state index contributed by atoms with van der Waals surface area (Å²) < 4.78 is 0. The minimum absolute atomic E-state index is 0. The predicted molar refractivity (Wildman–Crippen MR) is 110 cm³/mol. The number of carbonyl (C=O) groups is 1. The molecule has 0 radical (unpaired) electrons. The Hall–Kier alpha value is -0.330. The third kappa shape index (κ3) is 6.72. The number of halogens is 2. The van der Waals surface area contributed by atoms with Crippen molar-refractivity contribution < 1.29 is 4.79 Å². The average Bonchev–Trinajstić information content (AvgIpc) is 3.03. The number of fused-ring (bicyclic) bond motifs is 1. The van der Waals surface area contributed by atoms with Crippen molar-refractivity contribution in [1.82, 2.24) is 15.5 Å². The van der Waals surface area contributed by atoms with Crippen LogP contribution >= 0.6 is 36.2 Å². The molecule has 1 aromatic rings. The Morgan fingerprint density at radius 2 is 2.32 bits per heavy atom. The van der Waals surface area contributed by atoms with Gasteiger partial charge in [0.2, 0.25) is 5.91 Å². The van der Waals surface area contributed by atoms with Gasteiger partial charge in [-0.3, -0.25) is 9.69 Å². The molecule has 2 atom stereocenters. The number of piperidine rings is 1. The molecule has 2 aliphatic heterocycles. The van der Waals surface area contributed by atoms with E-state index in [0.717, 1.165) is 45.7 Å². The molecule has 7 heteroatoms. The van der Waals surface area contributed by atoms with Gasteiger partial charge in [0.25, 0.3) is 0 Å².